The standard InChI is InChI=1S/C13H14F2N2O6/c14-13(15,11(20)16-5-12(6-16,7-18)8-19)23-10-3-1-2-9(4-10)17(21)22/h1-4,18-19H,5-8H2. The Kier molecular flexibility index (Phi) is 4.48. The van der Waals surface area contributed by atoms with Crippen LogP contribution in [-0.4, -0.2) is 58.4 Å². The summed E-state index contributed by atoms with van der Waals surface area (Å²) in [7, 11) is 0. The summed E-state index contributed by atoms with van der Waals surface area (Å²) in [6.45, 7) is -1.34. The fraction of sp³-hybridized carbons (Fsp3) is 0.462. The number of amides is 1. The van der Waals surface area contributed by atoms with Gasteiger partial charge in [0.15, 0.2) is 0 Å². The molecule has 0 spiro atoms. The molecule has 126 valence electrons. The third-order valence-electron chi connectivity index (χ3n) is 3.53. The van der Waals surface area contributed by atoms with Crippen LogP contribution in [0, 0.1) is 15.5 Å². The lowest BCUT2D eigenvalue weighted by atomic mass is 9.81. The summed E-state index contributed by atoms with van der Waals surface area (Å²) in [6, 6.07) is 4.10. The van der Waals surface area contributed by atoms with Crippen LogP contribution in [0.5, 0.6) is 5.75 Å². The summed E-state index contributed by atoms with van der Waals surface area (Å²) in [5.41, 5.74) is -1.44. The second-order valence-corrected chi connectivity index (χ2v) is 5.35. The van der Waals surface area contributed by atoms with Gasteiger partial charge < -0.3 is 19.8 Å². The highest BCUT2D eigenvalue weighted by molar-refractivity contribution is 5.83. The lowest BCUT2D eigenvalue weighted by Gasteiger charge is -2.48. The summed E-state index contributed by atoms with van der Waals surface area (Å²) in [4.78, 5) is 22.3. The van der Waals surface area contributed by atoms with Crippen LogP contribution < -0.4 is 4.74 Å². The molecule has 0 saturated carbocycles. The molecule has 10 heteroatoms. The molecule has 1 aliphatic heterocycles. The van der Waals surface area contributed by atoms with Gasteiger partial charge in [0.2, 0.25) is 0 Å². The van der Waals surface area contributed by atoms with Crippen molar-refractivity contribution in [2.45, 2.75) is 6.11 Å². The molecule has 0 atom stereocenters. The zero-order valence-corrected chi connectivity index (χ0v) is 11.8. The van der Waals surface area contributed by atoms with Gasteiger partial charge in [-0.25, -0.2) is 0 Å². The van der Waals surface area contributed by atoms with Crippen LogP contribution >= 0.6 is 0 Å². The fourth-order valence-corrected chi connectivity index (χ4v) is 2.19. The first-order valence-corrected chi connectivity index (χ1v) is 6.55. The number of non-ortho nitro benzene ring substituents is 1. The van der Waals surface area contributed by atoms with Gasteiger partial charge in [0.1, 0.15) is 5.75 Å². The van der Waals surface area contributed by atoms with Crippen molar-refractivity contribution in [1.82, 2.24) is 4.90 Å². The zero-order valence-electron chi connectivity index (χ0n) is 11.8. The van der Waals surface area contributed by atoms with E-state index >= 15 is 0 Å². The first-order chi connectivity index (χ1) is 10.7. The molecule has 0 unspecified atom stereocenters. The maximum atomic E-state index is 13.9. The molecule has 1 amide bonds. The molecule has 0 radical (unpaired) electrons. The minimum atomic E-state index is -4.22. The number of nitrogens with zero attached hydrogens (tertiary/aromatic N) is 2. The van der Waals surface area contributed by atoms with Gasteiger partial charge in [0, 0.05) is 19.2 Å². The monoisotopic (exact) mass is 332 g/mol. The van der Waals surface area contributed by atoms with Gasteiger partial charge in [-0.1, -0.05) is 6.07 Å². The number of nitro groups is 1. The van der Waals surface area contributed by atoms with E-state index < -0.39 is 47.0 Å². The van der Waals surface area contributed by atoms with Crippen LogP contribution in [0.15, 0.2) is 24.3 Å². The van der Waals surface area contributed by atoms with Crippen LogP contribution in [0.2, 0.25) is 0 Å². The number of benzene rings is 1. The Labute approximate surface area is 129 Å². The predicted molar refractivity (Wildman–Crippen MR) is 71.9 cm³/mol. The maximum Gasteiger partial charge on any atom is 0.482 e. The molecular weight excluding hydrogens is 318 g/mol. The number of likely N-dealkylation sites (tertiary alicyclic amines) is 1. The number of hydrogen-bond acceptors (Lipinski definition) is 6. The second-order valence-electron chi connectivity index (χ2n) is 5.35. The molecule has 1 heterocycles. The van der Waals surface area contributed by atoms with E-state index in [9.17, 15) is 23.7 Å². The summed E-state index contributed by atoms with van der Waals surface area (Å²) >= 11 is 0. The van der Waals surface area contributed by atoms with E-state index in [1.807, 2.05) is 0 Å². The Balaban J connectivity index is 2.06. The SMILES string of the molecule is O=C(N1CC(CO)(CO)C1)C(F)(F)Oc1cccc([N+](=O)[O-])c1. The highest BCUT2D eigenvalue weighted by atomic mass is 19.3. The number of carbonyl (C=O) groups excluding carboxylic acids is 1. The van der Waals surface area contributed by atoms with Crippen LogP contribution in [-0.2, 0) is 4.79 Å². The molecule has 23 heavy (non-hydrogen) atoms. The van der Waals surface area contributed by atoms with Gasteiger partial charge in [-0.05, 0) is 6.07 Å². The minimum absolute atomic E-state index is 0.229. The molecular formula is C13H14F2N2O6. The first-order valence-electron chi connectivity index (χ1n) is 6.55. The van der Waals surface area contributed by atoms with Crippen molar-refractivity contribution in [3.05, 3.63) is 34.4 Å². The number of rotatable bonds is 6. The van der Waals surface area contributed by atoms with Crippen LogP contribution in [0.4, 0.5) is 14.5 Å². The molecule has 1 aromatic rings. The summed E-state index contributed by atoms with van der Waals surface area (Å²) < 4.78 is 32.0. The Morgan fingerprint density at radius 3 is 2.52 bits per heavy atom. The maximum absolute atomic E-state index is 13.9. The van der Waals surface area contributed by atoms with Gasteiger partial charge in [-0.3, -0.25) is 14.9 Å². The highest BCUT2D eigenvalue weighted by Gasteiger charge is 2.53. The van der Waals surface area contributed by atoms with E-state index in [1.165, 1.54) is 0 Å². The average molecular weight is 332 g/mol. The quantitative estimate of drug-likeness (QED) is 0.575. The average Bonchev–Trinajstić information content (AvgIpc) is 2.46. The van der Waals surface area contributed by atoms with E-state index in [-0.39, 0.29) is 13.1 Å². The third-order valence-corrected chi connectivity index (χ3v) is 3.53. The predicted octanol–water partition coefficient (Wildman–Crippen LogP) is 0.380. The smallest absolute Gasteiger partial charge is 0.425 e. The van der Waals surface area contributed by atoms with Crippen molar-refractivity contribution >= 4 is 11.6 Å². The van der Waals surface area contributed by atoms with E-state index in [2.05, 4.69) is 4.74 Å². The number of halogens is 2. The number of hydrogen-bond donors (Lipinski definition) is 2. The number of carbonyl (C=O) groups is 1. The molecule has 2 rings (SSSR count). The fourth-order valence-electron chi connectivity index (χ4n) is 2.19. The zero-order chi connectivity index (χ0) is 17.3. The molecule has 0 aromatic heterocycles. The molecule has 1 saturated heterocycles. The Morgan fingerprint density at radius 1 is 1.39 bits per heavy atom. The molecule has 8 nitrogen and oxygen atoms in total. The number of aliphatic hydroxyl groups is 2. The van der Waals surface area contributed by atoms with Crippen molar-refractivity contribution in [2.75, 3.05) is 26.3 Å². The van der Waals surface area contributed by atoms with E-state index in [0.29, 0.717) is 0 Å². The van der Waals surface area contributed by atoms with Crippen LogP contribution in [0.1, 0.15) is 0 Å². The normalized spacial score (nSPS) is 16.6. The van der Waals surface area contributed by atoms with E-state index in [1.54, 1.807) is 0 Å². The van der Waals surface area contributed by atoms with E-state index in [0.717, 1.165) is 29.2 Å². The molecule has 0 bridgehead atoms. The number of nitro benzene ring substituents is 1. The Morgan fingerprint density at radius 2 is 2.00 bits per heavy atom. The number of ether oxygens (including phenoxy) is 1. The first kappa shape index (κ1) is 17.0. The van der Waals surface area contributed by atoms with Crippen LogP contribution in [0.25, 0.3) is 0 Å². The highest BCUT2D eigenvalue weighted by Crippen LogP contribution is 2.34. The van der Waals surface area contributed by atoms with Gasteiger partial charge in [0.05, 0.1) is 29.6 Å². The van der Waals surface area contributed by atoms with Gasteiger partial charge >= 0.3 is 12.0 Å². The Hall–Kier alpha value is -2.33. The lowest BCUT2D eigenvalue weighted by Crippen LogP contribution is -2.65. The van der Waals surface area contributed by atoms with Crippen molar-refractivity contribution in [3.8, 4) is 5.75 Å². The van der Waals surface area contributed by atoms with Gasteiger partial charge in [-0.2, -0.15) is 8.78 Å². The molecule has 1 fully saturated rings. The van der Waals surface area contributed by atoms with Crippen molar-refractivity contribution < 1.29 is 33.4 Å². The van der Waals surface area contributed by atoms with Crippen molar-refractivity contribution in [2.24, 2.45) is 5.41 Å². The van der Waals surface area contributed by atoms with Gasteiger partial charge in [-0.15, -0.1) is 0 Å². The summed E-state index contributed by atoms with van der Waals surface area (Å²) in [5, 5.41) is 28.7. The van der Waals surface area contributed by atoms with Gasteiger partial charge in [0.25, 0.3) is 5.69 Å². The topological polar surface area (TPSA) is 113 Å². The minimum Gasteiger partial charge on any atom is -0.425 e. The van der Waals surface area contributed by atoms with E-state index in [4.69, 9.17) is 10.2 Å². The third kappa shape index (κ3) is 3.37. The Bertz CT molecular complexity index is 612. The molecule has 1 aromatic carbocycles. The molecule has 1 aliphatic rings. The summed E-state index contributed by atoms with van der Waals surface area (Å²) in [6.07, 6.45) is -4.22. The molecule has 0 aliphatic carbocycles. The number of aliphatic hydroxyl groups excluding tert-OH is 2. The van der Waals surface area contributed by atoms with Crippen molar-refractivity contribution in [1.29, 1.82) is 0 Å². The van der Waals surface area contributed by atoms with Crippen LogP contribution in [0.3, 0.4) is 0 Å². The largest absolute Gasteiger partial charge is 0.482 e. The summed E-state index contributed by atoms with van der Waals surface area (Å²) in [5.74, 6) is -2.16. The molecule has 2 N–H and O–H groups in total. The van der Waals surface area contributed by atoms with Crippen molar-refractivity contribution in [3.63, 3.8) is 0 Å². The number of alkyl halides is 2. The lowest BCUT2D eigenvalue weighted by molar-refractivity contribution is -0.385. The second kappa shape index (κ2) is 6.05.